The van der Waals surface area contributed by atoms with Gasteiger partial charge in [-0.05, 0) is 76.2 Å². The maximum absolute atomic E-state index is 9.79. The predicted octanol–water partition coefficient (Wildman–Crippen LogP) is 6.35. The molecule has 0 N–H and O–H groups in total. The van der Waals surface area contributed by atoms with Crippen LogP contribution in [0.3, 0.4) is 0 Å². The van der Waals surface area contributed by atoms with Gasteiger partial charge in [-0.2, -0.15) is 5.26 Å². The van der Waals surface area contributed by atoms with Crippen molar-refractivity contribution in [3.63, 3.8) is 0 Å². The van der Waals surface area contributed by atoms with Crippen LogP contribution in [-0.4, -0.2) is 0 Å². The highest BCUT2D eigenvalue weighted by Crippen LogP contribution is 2.50. The van der Waals surface area contributed by atoms with Gasteiger partial charge in [-0.25, -0.2) is 0 Å². The smallest absolute Gasteiger partial charge is 0.0717 e. The normalized spacial score (nSPS) is 34.4. The van der Waals surface area contributed by atoms with Crippen LogP contribution in [0.15, 0.2) is 34.4 Å². The highest BCUT2D eigenvalue weighted by atomic mass is 14.4. The third-order valence-electron chi connectivity index (χ3n) is 5.86. The van der Waals surface area contributed by atoms with E-state index in [1.54, 1.807) is 0 Å². The standard InChI is InChI=1S/C21H31N/c1-15-7-6-8-16(2)13-18(14-22)20-17(3)10-12-19(11-9-15)21(20,4)5/h8-9,18-19H,6-7,10-13H2,1-5H3/b15-9+,16-8+/t18-,19+/m1/s1. The lowest BCUT2D eigenvalue weighted by atomic mass is 9.60. The molecule has 2 aliphatic rings. The van der Waals surface area contributed by atoms with Crippen LogP contribution in [0, 0.1) is 28.6 Å². The van der Waals surface area contributed by atoms with E-state index in [1.165, 1.54) is 28.7 Å². The monoisotopic (exact) mass is 297 g/mol. The molecule has 2 aliphatic carbocycles. The lowest BCUT2D eigenvalue weighted by Crippen LogP contribution is -2.34. The summed E-state index contributed by atoms with van der Waals surface area (Å²) >= 11 is 0. The topological polar surface area (TPSA) is 23.8 Å². The molecule has 2 atom stereocenters. The Balaban J connectivity index is 2.47. The predicted molar refractivity (Wildman–Crippen MR) is 94.3 cm³/mol. The largest absolute Gasteiger partial charge is 0.198 e. The quantitative estimate of drug-likeness (QED) is 0.478. The number of rotatable bonds is 0. The summed E-state index contributed by atoms with van der Waals surface area (Å²) in [6.45, 7) is 11.5. The van der Waals surface area contributed by atoms with Crippen molar-refractivity contribution in [3.05, 3.63) is 34.4 Å². The van der Waals surface area contributed by atoms with Gasteiger partial charge in [0, 0.05) is 0 Å². The first-order valence-corrected chi connectivity index (χ1v) is 8.77. The Kier molecular flexibility index (Phi) is 5.32. The third kappa shape index (κ3) is 3.54. The molecular formula is C21H31N. The zero-order chi connectivity index (χ0) is 16.3. The van der Waals surface area contributed by atoms with Crippen molar-refractivity contribution < 1.29 is 0 Å². The van der Waals surface area contributed by atoms with Crippen LogP contribution >= 0.6 is 0 Å². The van der Waals surface area contributed by atoms with Crippen molar-refractivity contribution in [2.75, 3.05) is 0 Å². The van der Waals surface area contributed by atoms with E-state index < -0.39 is 0 Å². The van der Waals surface area contributed by atoms with Crippen LogP contribution in [0.4, 0.5) is 0 Å². The van der Waals surface area contributed by atoms with Crippen LogP contribution in [0.5, 0.6) is 0 Å². The van der Waals surface area contributed by atoms with Crippen LogP contribution < -0.4 is 0 Å². The van der Waals surface area contributed by atoms with Gasteiger partial charge in [0.2, 0.25) is 0 Å². The van der Waals surface area contributed by atoms with Crippen molar-refractivity contribution in [3.8, 4) is 6.07 Å². The van der Waals surface area contributed by atoms with Crippen LogP contribution in [-0.2, 0) is 0 Å². The maximum Gasteiger partial charge on any atom is 0.0717 e. The molecule has 0 spiro atoms. The van der Waals surface area contributed by atoms with Crippen molar-refractivity contribution in [2.45, 2.75) is 73.1 Å². The first-order chi connectivity index (χ1) is 10.4. The van der Waals surface area contributed by atoms with E-state index in [-0.39, 0.29) is 11.3 Å². The fourth-order valence-electron chi connectivity index (χ4n) is 4.42. The maximum atomic E-state index is 9.79. The van der Waals surface area contributed by atoms with Gasteiger partial charge in [0.1, 0.15) is 0 Å². The van der Waals surface area contributed by atoms with Gasteiger partial charge >= 0.3 is 0 Å². The third-order valence-corrected chi connectivity index (χ3v) is 5.86. The lowest BCUT2D eigenvalue weighted by molar-refractivity contribution is 0.214. The van der Waals surface area contributed by atoms with Gasteiger partial charge in [0.15, 0.2) is 0 Å². The molecule has 0 saturated heterocycles. The van der Waals surface area contributed by atoms with Crippen molar-refractivity contribution in [2.24, 2.45) is 17.3 Å². The van der Waals surface area contributed by atoms with Gasteiger partial charge < -0.3 is 0 Å². The fraction of sp³-hybridized carbons (Fsp3) is 0.667. The Morgan fingerprint density at radius 3 is 2.50 bits per heavy atom. The molecule has 0 aromatic rings. The Bertz CT molecular complexity index is 551. The molecule has 1 nitrogen and oxygen atoms in total. The molecule has 0 heterocycles. The molecule has 0 unspecified atom stereocenters. The minimum Gasteiger partial charge on any atom is -0.198 e. The van der Waals surface area contributed by atoms with Gasteiger partial charge in [-0.15, -0.1) is 0 Å². The molecule has 22 heavy (non-hydrogen) atoms. The van der Waals surface area contributed by atoms with E-state index >= 15 is 0 Å². The lowest BCUT2D eigenvalue weighted by Gasteiger charge is -2.43. The molecule has 0 radical (unpaired) electrons. The summed E-state index contributed by atoms with van der Waals surface area (Å²) < 4.78 is 0. The van der Waals surface area contributed by atoms with E-state index in [4.69, 9.17) is 0 Å². The number of nitrogens with zero attached hydrogens (tertiary/aromatic N) is 1. The number of fused-ring (bicyclic) bond motifs is 2. The highest BCUT2D eigenvalue weighted by molar-refractivity contribution is 5.32. The number of nitriles is 1. The molecule has 120 valence electrons. The summed E-state index contributed by atoms with van der Waals surface area (Å²) in [5.74, 6) is 0.722. The summed E-state index contributed by atoms with van der Waals surface area (Å²) in [4.78, 5) is 0. The molecule has 2 bridgehead atoms. The first-order valence-electron chi connectivity index (χ1n) is 8.77. The van der Waals surface area contributed by atoms with Crippen molar-refractivity contribution in [1.82, 2.24) is 0 Å². The zero-order valence-corrected chi connectivity index (χ0v) is 15.0. The Morgan fingerprint density at radius 2 is 1.82 bits per heavy atom. The second kappa shape index (κ2) is 6.86. The van der Waals surface area contributed by atoms with E-state index in [0.717, 1.165) is 32.1 Å². The SMILES string of the molecule is CC1=C2[C@@H](C#N)C/C(C)=C/CC/C(C)=C/C[C@@H](CC1)C2(C)C. The minimum atomic E-state index is 0.0542. The van der Waals surface area contributed by atoms with E-state index in [9.17, 15) is 5.26 Å². The summed E-state index contributed by atoms with van der Waals surface area (Å²) in [5, 5.41) is 9.79. The summed E-state index contributed by atoms with van der Waals surface area (Å²) in [6, 6.07) is 2.62. The van der Waals surface area contributed by atoms with Crippen molar-refractivity contribution >= 4 is 0 Å². The van der Waals surface area contributed by atoms with Crippen molar-refractivity contribution in [1.29, 1.82) is 5.26 Å². The van der Waals surface area contributed by atoms with E-state index in [1.807, 2.05) is 0 Å². The Morgan fingerprint density at radius 1 is 1.09 bits per heavy atom. The number of hydrogen-bond acceptors (Lipinski definition) is 1. The second-order valence-corrected chi connectivity index (χ2v) is 7.91. The van der Waals surface area contributed by atoms with Gasteiger partial charge in [-0.3, -0.25) is 0 Å². The van der Waals surface area contributed by atoms with E-state index in [2.05, 4.69) is 52.8 Å². The summed E-state index contributed by atoms with van der Waals surface area (Å²) in [5.41, 5.74) is 5.94. The molecule has 2 rings (SSSR count). The molecule has 0 fully saturated rings. The molecular weight excluding hydrogens is 266 g/mol. The highest BCUT2D eigenvalue weighted by Gasteiger charge is 2.40. The zero-order valence-electron chi connectivity index (χ0n) is 15.0. The fourth-order valence-corrected chi connectivity index (χ4v) is 4.42. The minimum absolute atomic E-state index is 0.0542. The molecule has 0 saturated carbocycles. The molecule has 1 heteroatoms. The summed E-state index contributed by atoms with van der Waals surface area (Å²) in [7, 11) is 0. The molecule has 0 aliphatic heterocycles. The summed E-state index contributed by atoms with van der Waals surface area (Å²) in [6.07, 6.45) is 11.6. The molecule has 0 amide bonds. The van der Waals surface area contributed by atoms with Gasteiger partial charge in [0.25, 0.3) is 0 Å². The van der Waals surface area contributed by atoms with E-state index in [0.29, 0.717) is 5.92 Å². The second-order valence-electron chi connectivity index (χ2n) is 7.91. The Hall–Kier alpha value is -1.29. The first kappa shape index (κ1) is 17.1. The molecule has 0 aromatic heterocycles. The van der Waals surface area contributed by atoms with Gasteiger partial charge in [0.05, 0.1) is 12.0 Å². The van der Waals surface area contributed by atoms with Crippen LogP contribution in [0.2, 0.25) is 0 Å². The average molecular weight is 297 g/mol. The van der Waals surface area contributed by atoms with Gasteiger partial charge in [-0.1, -0.05) is 42.7 Å². The average Bonchev–Trinajstić information content (AvgIpc) is 2.43. The Labute approximate surface area is 136 Å². The van der Waals surface area contributed by atoms with Crippen LogP contribution in [0.1, 0.15) is 73.1 Å². The van der Waals surface area contributed by atoms with Crippen LogP contribution in [0.25, 0.3) is 0 Å². The number of allylic oxidation sites excluding steroid dienone is 6. The number of hydrogen-bond donors (Lipinski definition) is 0. The molecule has 0 aromatic carbocycles.